The molecule has 2 aromatic heterocycles. The first-order valence-corrected chi connectivity index (χ1v) is 7.08. The van der Waals surface area contributed by atoms with Crippen LogP contribution in [0.5, 0.6) is 0 Å². The van der Waals surface area contributed by atoms with Crippen LogP contribution in [0.4, 0.5) is 0 Å². The van der Waals surface area contributed by atoms with Crippen LogP contribution in [-0.2, 0) is 4.74 Å². The number of primary amides is 1. The minimum absolute atomic E-state index is 0.0201. The molecule has 11 nitrogen and oxygen atoms in total. The van der Waals surface area contributed by atoms with E-state index in [9.17, 15) is 25.3 Å². The number of hydrogen-bond acceptors (Lipinski definition) is 8. The Morgan fingerprint density at radius 3 is 2.67 bits per heavy atom. The Labute approximate surface area is 134 Å². The van der Waals surface area contributed by atoms with E-state index in [-0.39, 0.29) is 27.9 Å². The first-order valence-electron chi connectivity index (χ1n) is 7.08. The molecule has 1 saturated heterocycles. The number of aliphatic hydroxyl groups excluding tert-OH is 3. The minimum Gasteiger partial charge on any atom is -0.425 e. The van der Waals surface area contributed by atoms with Crippen molar-refractivity contribution in [1.82, 2.24) is 14.3 Å². The fraction of sp³-hybridized carbons (Fsp3) is 0.462. The highest BCUT2D eigenvalue weighted by Crippen LogP contribution is 2.33. The van der Waals surface area contributed by atoms with Gasteiger partial charge >= 0.3 is 0 Å². The number of nitrogens with one attached hydrogen (secondary N) is 1. The lowest BCUT2D eigenvalue weighted by Crippen LogP contribution is -2.33. The molecular weight excluding hydrogens is 322 g/mol. The highest BCUT2D eigenvalue weighted by atomic mass is 16.6. The number of aryl methyl sites for hydroxylation is 1. The Kier molecular flexibility index (Phi) is 3.80. The van der Waals surface area contributed by atoms with E-state index < -0.39 is 37.1 Å². The van der Waals surface area contributed by atoms with Gasteiger partial charge in [0.25, 0.3) is 5.91 Å². The van der Waals surface area contributed by atoms with Crippen LogP contribution in [0, 0.1) is 12.3 Å². The molecule has 7 N–H and O–H groups in total. The third-order valence-corrected chi connectivity index (χ3v) is 4.08. The standard InChI is InChI=1S/C13H17N5O6/c1-4-16-10(14)7-5(11(15)22)2-17(12(7)18(4)23)13-9(21)8(20)6(3-19)24-13/h2,6,8-9,13-14,19-21,23H,3H2,1H3,(H2,15,22)/t6-,8-,9-,13-/m1/s1. The van der Waals surface area contributed by atoms with Crippen LogP contribution >= 0.6 is 0 Å². The molecule has 3 heterocycles. The molecule has 0 radical (unpaired) electrons. The van der Waals surface area contributed by atoms with E-state index in [1.54, 1.807) is 0 Å². The molecule has 0 saturated carbocycles. The minimum atomic E-state index is -1.43. The molecule has 3 rings (SSSR count). The fourth-order valence-electron chi connectivity index (χ4n) is 2.87. The van der Waals surface area contributed by atoms with Crippen molar-refractivity contribution in [1.29, 1.82) is 5.41 Å². The van der Waals surface area contributed by atoms with Crippen molar-refractivity contribution in [2.75, 3.05) is 6.61 Å². The predicted molar refractivity (Wildman–Crippen MR) is 77.0 cm³/mol. The zero-order valence-corrected chi connectivity index (χ0v) is 12.6. The Balaban J connectivity index is 2.30. The van der Waals surface area contributed by atoms with Gasteiger partial charge in [-0.25, -0.2) is 4.98 Å². The smallest absolute Gasteiger partial charge is 0.251 e. The summed E-state index contributed by atoms with van der Waals surface area (Å²) in [6.45, 7) is 0.913. The maximum absolute atomic E-state index is 11.7. The number of nitrogens with zero attached hydrogens (tertiary/aromatic N) is 3. The number of fused-ring (bicyclic) bond motifs is 1. The molecule has 4 atom stereocenters. The van der Waals surface area contributed by atoms with Crippen LogP contribution in [0.3, 0.4) is 0 Å². The number of hydrogen-bond donors (Lipinski definition) is 6. The lowest BCUT2D eigenvalue weighted by molar-refractivity contribution is -0.0518. The zero-order chi connectivity index (χ0) is 17.8. The Morgan fingerprint density at radius 2 is 2.12 bits per heavy atom. The normalized spacial score (nSPS) is 27.0. The largest absolute Gasteiger partial charge is 0.425 e. The Hall–Kier alpha value is -2.47. The van der Waals surface area contributed by atoms with Crippen molar-refractivity contribution in [2.24, 2.45) is 5.73 Å². The maximum Gasteiger partial charge on any atom is 0.251 e. The second-order valence-electron chi connectivity index (χ2n) is 5.56. The predicted octanol–water partition coefficient (Wildman–Crippen LogP) is -2.43. The number of amides is 1. The van der Waals surface area contributed by atoms with Gasteiger partial charge in [-0.1, -0.05) is 0 Å². The summed E-state index contributed by atoms with van der Waals surface area (Å²) < 4.78 is 7.23. The number of aliphatic hydroxyl groups is 3. The topological polar surface area (TPSA) is 180 Å². The molecule has 0 bridgehead atoms. The summed E-state index contributed by atoms with van der Waals surface area (Å²) in [4.78, 5) is 15.5. The fourth-order valence-corrected chi connectivity index (χ4v) is 2.87. The number of aromatic nitrogens is 3. The molecule has 1 amide bonds. The van der Waals surface area contributed by atoms with E-state index in [2.05, 4.69) is 4.98 Å². The molecule has 24 heavy (non-hydrogen) atoms. The average molecular weight is 339 g/mol. The van der Waals surface area contributed by atoms with E-state index in [0.717, 1.165) is 0 Å². The van der Waals surface area contributed by atoms with Gasteiger partial charge in [0.2, 0.25) is 0 Å². The van der Waals surface area contributed by atoms with Gasteiger partial charge in [-0.3, -0.25) is 10.2 Å². The van der Waals surface area contributed by atoms with E-state index >= 15 is 0 Å². The molecule has 0 unspecified atom stereocenters. The van der Waals surface area contributed by atoms with Crippen LogP contribution in [-0.4, -0.2) is 65.6 Å². The van der Waals surface area contributed by atoms with Gasteiger partial charge in [0.15, 0.2) is 17.4 Å². The Bertz CT molecular complexity index is 874. The van der Waals surface area contributed by atoms with Gasteiger partial charge in [-0.2, -0.15) is 4.73 Å². The summed E-state index contributed by atoms with van der Waals surface area (Å²) >= 11 is 0. The Morgan fingerprint density at radius 1 is 1.46 bits per heavy atom. The lowest BCUT2D eigenvalue weighted by Gasteiger charge is -2.18. The first-order chi connectivity index (χ1) is 11.3. The quantitative estimate of drug-likeness (QED) is 0.336. The number of carbonyl (C=O) groups excluding carboxylic acids is 1. The molecule has 0 spiro atoms. The van der Waals surface area contributed by atoms with Crippen LogP contribution in [0.25, 0.3) is 11.0 Å². The van der Waals surface area contributed by atoms with Gasteiger partial charge in [0.05, 0.1) is 17.6 Å². The second kappa shape index (κ2) is 5.56. The molecule has 1 fully saturated rings. The second-order valence-corrected chi connectivity index (χ2v) is 5.56. The molecule has 130 valence electrons. The highest BCUT2D eigenvalue weighted by Gasteiger charge is 2.44. The molecular formula is C13H17N5O6. The molecule has 11 heteroatoms. The van der Waals surface area contributed by atoms with E-state index in [1.165, 1.54) is 17.7 Å². The summed E-state index contributed by atoms with van der Waals surface area (Å²) in [7, 11) is 0. The van der Waals surface area contributed by atoms with E-state index in [0.29, 0.717) is 4.73 Å². The van der Waals surface area contributed by atoms with Crippen molar-refractivity contribution in [3.63, 3.8) is 0 Å². The van der Waals surface area contributed by atoms with Crippen molar-refractivity contribution < 1.29 is 30.1 Å². The number of nitrogens with two attached hydrogens (primary N) is 1. The number of carbonyl (C=O) groups is 1. The van der Waals surface area contributed by atoms with Crippen molar-refractivity contribution >= 4 is 16.9 Å². The van der Waals surface area contributed by atoms with Gasteiger partial charge in [-0.15, -0.1) is 0 Å². The van der Waals surface area contributed by atoms with Crippen molar-refractivity contribution in [3.05, 3.63) is 23.1 Å². The van der Waals surface area contributed by atoms with Gasteiger partial charge in [0.1, 0.15) is 24.1 Å². The number of rotatable bonds is 3. The van der Waals surface area contributed by atoms with Crippen LogP contribution in [0.2, 0.25) is 0 Å². The van der Waals surface area contributed by atoms with E-state index in [1.807, 2.05) is 0 Å². The summed E-state index contributed by atoms with van der Waals surface area (Å²) in [6, 6.07) is 0. The third kappa shape index (κ3) is 2.17. The highest BCUT2D eigenvalue weighted by molar-refractivity contribution is 6.05. The van der Waals surface area contributed by atoms with Crippen molar-refractivity contribution in [2.45, 2.75) is 31.5 Å². The summed E-state index contributed by atoms with van der Waals surface area (Å²) in [5.41, 5.74) is 4.89. The average Bonchev–Trinajstić information content (AvgIpc) is 3.05. The monoisotopic (exact) mass is 339 g/mol. The van der Waals surface area contributed by atoms with Gasteiger partial charge < -0.3 is 35.6 Å². The molecule has 0 aliphatic carbocycles. The SMILES string of the molecule is Cc1nc(=N)c2c(C(N)=O)cn([C@@H]3O[C@H](CO)[C@@H](O)[C@H]3O)c2n1O. The van der Waals surface area contributed by atoms with Crippen LogP contribution in [0.15, 0.2) is 6.20 Å². The summed E-state index contributed by atoms with van der Waals surface area (Å²) in [6.07, 6.45) is -3.82. The van der Waals surface area contributed by atoms with E-state index in [4.69, 9.17) is 15.9 Å². The summed E-state index contributed by atoms with van der Waals surface area (Å²) in [5, 5.41) is 47.4. The molecule has 2 aromatic rings. The van der Waals surface area contributed by atoms with Gasteiger partial charge in [-0.05, 0) is 6.92 Å². The number of ether oxygens (including phenoxy) is 1. The zero-order valence-electron chi connectivity index (χ0n) is 12.6. The van der Waals surface area contributed by atoms with Crippen LogP contribution in [0.1, 0.15) is 22.4 Å². The molecule has 1 aliphatic rings. The lowest BCUT2D eigenvalue weighted by atomic mass is 10.1. The first kappa shape index (κ1) is 16.4. The molecule has 0 aromatic carbocycles. The molecule has 1 aliphatic heterocycles. The van der Waals surface area contributed by atoms with Crippen molar-refractivity contribution in [3.8, 4) is 0 Å². The summed E-state index contributed by atoms with van der Waals surface area (Å²) in [5.74, 6) is -0.792. The maximum atomic E-state index is 11.7. The van der Waals surface area contributed by atoms with Crippen LogP contribution < -0.4 is 11.2 Å². The van der Waals surface area contributed by atoms with Gasteiger partial charge in [0, 0.05) is 6.20 Å². The third-order valence-electron chi connectivity index (χ3n) is 4.08.